The minimum atomic E-state index is -3.40. The first-order valence-electron chi connectivity index (χ1n) is 9.27. The number of hydrogen-bond donors (Lipinski definition) is 0. The molecule has 8 nitrogen and oxygen atoms in total. The summed E-state index contributed by atoms with van der Waals surface area (Å²) in [5.41, 5.74) is 0.823. The highest BCUT2D eigenvalue weighted by Crippen LogP contribution is 2.31. The molecule has 0 N–H and O–H groups in total. The molecule has 0 unspecified atom stereocenters. The van der Waals surface area contributed by atoms with E-state index in [2.05, 4.69) is 9.88 Å². The third kappa shape index (κ3) is 4.65. The zero-order valence-corrected chi connectivity index (χ0v) is 17.3. The van der Waals surface area contributed by atoms with Gasteiger partial charge in [-0.3, -0.25) is 4.90 Å². The monoisotopic (exact) mass is 409 g/mol. The second kappa shape index (κ2) is 8.93. The van der Waals surface area contributed by atoms with Crippen molar-refractivity contribution in [1.29, 1.82) is 0 Å². The van der Waals surface area contributed by atoms with Gasteiger partial charge in [0.05, 0.1) is 24.3 Å². The third-order valence-electron chi connectivity index (χ3n) is 4.59. The van der Waals surface area contributed by atoms with Gasteiger partial charge in [0.1, 0.15) is 12.7 Å². The zero-order valence-electron chi connectivity index (χ0n) is 16.5. The lowest BCUT2D eigenvalue weighted by molar-refractivity contribution is 0.0631. The lowest BCUT2D eigenvalue weighted by Crippen LogP contribution is -2.39. The van der Waals surface area contributed by atoms with E-state index in [-0.39, 0.29) is 17.0 Å². The maximum absolute atomic E-state index is 12.3. The average molecular weight is 410 g/mol. The fourth-order valence-corrected chi connectivity index (χ4v) is 4.17. The first-order chi connectivity index (χ1) is 13.4. The maximum Gasteiger partial charge on any atom is 0.227 e. The number of sulfone groups is 1. The Hall–Kier alpha value is -2.10. The van der Waals surface area contributed by atoms with E-state index < -0.39 is 9.84 Å². The lowest BCUT2D eigenvalue weighted by atomic mass is 10.2. The molecule has 28 heavy (non-hydrogen) atoms. The molecular weight excluding hydrogens is 382 g/mol. The standard InChI is InChI=1S/C19H27N3O5S/c1-4-28(23,24)19-20-11-15(22(19)9-10-25-3)12-21(2)13-16-14-26-17-7-5-6-8-18(17)27-16/h5-8,11,16H,4,9-10,12-14H2,1-3H3/t16-/m0/s1. The smallest absolute Gasteiger partial charge is 0.227 e. The summed E-state index contributed by atoms with van der Waals surface area (Å²) in [6.45, 7) is 4.12. The van der Waals surface area contributed by atoms with E-state index in [9.17, 15) is 8.42 Å². The molecule has 1 atom stereocenters. The van der Waals surface area contributed by atoms with Crippen LogP contribution < -0.4 is 9.47 Å². The number of likely N-dealkylation sites (N-methyl/N-ethyl adjacent to an activating group) is 1. The summed E-state index contributed by atoms with van der Waals surface area (Å²) < 4.78 is 43.3. The lowest BCUT2D eigenvalue weighted by Gasteiger charge is -2.29. The van der Waals surface area contributed by atoms with Gasteiger partial charge in [0.15, 0.2) is 11.5 Å². The van der Waals surface area contributed by atoms with Crippen LogP contribution in [-0.2, 0) is 27.7 Å². The van der Waals surface area contributed by atoms with Gasteiger partial charge in [-0.1, -0.05) is 19.1 Å². The first-order valence-corrected chi connectivity index (χ1v) is 10.9. The highest BCUT2D eigenvalue weighted by atomic mass is 32.2. The number of para-hydroxylation sites is 2. The second-order valence-electron chi connectivity index (χ2n) is 6.77. The van der Waals surface area contributed by atoms with E-state index in [0.29, 0.717) is 32.8 Å². The Kier molecular flexibility index (Phi) is 6.58. The number of methoxy groups -OCH3 is 1. The fraction of sp³-hybridized carbons (Fsp3) is 0.526. The van der Waals surface area contributed by atoms with Crippen molar-refractivity contribution in [2.24, 2.45) is 0 Å². The summed E-state index contributed by atoms with van der Waals surface area (Å²) in [5, 5.41) is 0.0987. The number of hydrogen-bond acceptors (Lipinski definition) is 7. The Balaban J connectivity index is 1.69. The molecule has 2 heterocycles. The molecule has 0 saturated heterocycles. The van der Waals surface area contributed by atoms with Crippen LogP contribution in [-0.4, -0.2) is 68.6 Å². The predicted molar refractivity (Wildman–Crippen MR) is 105 cm³/mol. The van der Waals surface area contributed by atoms with Crippen molar-refractivity contribution >= 4 is 9.84 Å². The SMILES string of the molecule is CCS(=O)(=O)c1ncc(CN(C)C[C@H]2COc3ccccc3O2)n1CCOC. The van der Waals surface area contributed by atoms with Gasteiger partial charge < -0.3 is 18.8 Å². The van der Waals surface area contributed by atoms with Gasteiger partial charge in [-0.25, -0.2) is 13.4 Å². The normalized spacial score (nSPS) is 16.5. The van der Waals surface area contributed by atoms with Crippen molar-refractivity contribution in [2.75, 3.05) is 39.7 Å². The molecule has 0 aliphatic carbocycles. The third-order valence-corrected chi connectivity index (χ3v) is 6.24. The quantitative estimate of drug-likeness (QED) is 0.622. The molecule has 3 rings (SSSR count). The van der Waals surface area contributed by atoms with Crippen LogP contribution in [0.4, 0.5) is 0 Å². The van der Waals surface area contributed by atoms with Gasteiger partial charge in [-0.15, -0.1) is 0 Å². The molecule has 0 amide bonds. The number of nitrogens with zero attached hydrogens (tertiary/aromatic N) is 3. The maximum atomic E-state index is 12.3. The predicted octanol–water partition coefficient (Wildman–Crippen LogP) is 1.59. The van der Waals surface area contributed by atoms with E-state index >= 15 is 0 Å². The summed E-state index contributed by atoms with van der Waals surface area (Å²) in [7, 11) is 0.154. The first kappa shape index (κ1) is 20.6. The van der Waals surface area contributed by atoms with Crippen LogP contribution in [0.1, 0.15) is 12.6 Å². The highest BCUT2D eigenvalue weighted by Gasteiger charge is 2.24. The van der Waals surface area contributed by atoms with E-state index in [1.54, 1.807) is 24.8 Å². The van der Waals surface area contributed by atoms with Crippen molar-refractivity contribution in [2.45, 2.75) is 31.3 Å². The van der Waals surface area contributed by atoms with Crippen molar-refractivity contribution < 1.29 is 22.6 Å². The van der Waals surface area contributed by atoms with Gasteiger partial charge in [0.25, 0.3) is 0 Å². The van der Waals surface area contributed by atoms with Crippen LogP contribution in [0.2, 0.25) is 0 Å². The van der Waals surface area contributed by atoms with E-state index in [1.165, 1.54) is 0 Å². The highest BCUT2D eigenvalue weighted by molar-refractivity contribution is 7.91. The number of rotatable bonds is 9. The van der Waals surface area contributed by atoms with E-state index in [1.807, 2.05) is 31.3 Å². The Morgan fingerprint density at radius 2 is 2.07 bits per heavy atom. The second-order valence-corrected chi connectivity index (χ2v) is 8.95. The Morgan fingerprint density at radius 1 is 1.32 bits per heavy atom. The summed E-state index contributed by atoms with van der Waals surface area (Å²) in [5.74, 6) is 1.51. The molecule has 0 bridgehead atoms. The molecule has 1 aromatic heterocycles. The molecule has 0 saturated carbocycles. The summed E-state index contributed by atoms with van der Waals surface area (Å²) in [4.78, 5) is 6.25. The topological polar surface area (TPSA) is 82.9 Å². The van der Waals surface area contributed by atoms with Crippen molar-refractivity contribution in [3.8, 4) is 11.5 Å². The van der Waals surface area contributed by atoms with Gasteiger partial charge >= 0.3 is 0 Å². The van der Waals surface area contributed by atoms with Crippen molar-refractivity contribution in [3.05, 3.63) is 36.2 Å². The van der Waals surface area contributed by atoms with Gasteiger partial charge in [0.2, 0.25) is 15.0 Å². The van der Waals surface area contributed by atoms with Crippen LogP contribution in [0, 0.1) is 0 Å². The van der Waals surface area contributed by atoms with E-state index in [0.717, 1.165) is 17.2 Å². The molecule has 1 aliphatic heterocycles. The molecule has 0 fully saturated rings. The van der Waals surface area contributed by atoms with Crippen LogP contribution in [0.25, 0.3) is 0 Å². The van der Waals surface area contributed by atoms with Crippen LogP contribution in [0.15, 0.2) is 35.6 Å². The minimum absolute atomic E-state index is 0.0128. The van der Waals surface area contributed by atoms with Crippen LogP contribution in [0.5, 0.6) is 11.5 Å². The molecule has 1 aromatic carbocycles. The summed E-state index contributed by atoms with van der Waals surface area (Å²) >= 11 is 0. The number of aromatic nitrogens is 2. The molecule has 154 valence electrons. The molecule has 2 aromatic rings. The van der Waals surface area contributed by atoms with Crippen LogP contribution >= 0.6 is 0 Å². The molecule has 0 radical (unpaired) electrons. The molecule has 0 spiro atoms. The number of ether oxygens (including phenoxy) is 3. The number of imidazole rings is 1. The Labute approximate surface area is 165 Å². The number of fused-ring (bicyclic) bond motifs is 1. The largest absolute Gasteiger partial charge is 0.486 e. The number of benzene rings is 1. The zero-order chi connectivity index (χ0) is 20.1. The van der Waals surface area contributed by atoms with Gasteiger partial charge in [0, 0.05) is 26.7 Å². The van der Waals surface area contributed by atoms with E-state index in [4.69, 9.17) is 14.2 Å². The van der Waals surface area contributed by atoms with Gasteiger partial charge in [-0.2, -0.15) is 0 Å². The Bertz CT molecular complexity index is 897. The van der Waals surface area contributed by atoms with Gasteiger partial charge in [-0.05, 0) is 19.2 Å². The fourth-order valence-electron chi connectivity index (χ4n) is 3.16. The molecule has 1 aliphatic rings. The molecular formula is C19H27N3O5S. The van der Waals surface area contributed by atoms with Crippen molar-refractivity contribution in [3.63, 3.8) is 0 Å². The minimum Gasteiger partial charge on any atom is -0.486 e. The average Bonchev–Trinajstić information content (AvgIpc) is 3.09. The Morgan fingerprint density at radius 3 is 2.79 bits per heavy atom. The van der Waals surface area contributed by atoms with Crippen molar-refractivity contribution in [1.82, 2.24) is 14.5 Å². The van der Waals surface area contributed by atoms with Crippen LogP contribution in [0.3, 0.4) is 0 Å². The summed E-state index contributed by atoms with van der Waals surface area (Å²) in [6.07, 6.45) is 1.52. The molecule has 9 heteroatoms. The summed E-state index contributed by atoms with van der Waals surface area (Å²) in [6, 6.07) is 7.61.